The number of alkyl halides is 2. The fraction of sp³-hybridized carbons (Fsp3) is 1.00. The molecule has 2 N–H and O–H groups in total. The van der Waals surface area contributed by atoms with Crippen LogP contribution >= 0.6 is 0 Å². The average Bonchev–Trinajstić information content (AvgIpc) is 2.30. The van der Waals surface area contributed by atoms with Gasteiger partial charge in [-0.05, 0) is 12.8 Å². The van der Waals surface area contributed by atoms with Gasteiger partial charge < -0.3 is 0 Å². The largest absolute Gasteiger partial charge is 0.266 e. The standard InChI is InChI=1S/C5H9F2NO2S/c6-5(7,4-1-2-4)3-11(8,9)10/h4H,1-3H2,(H2,8,9,10). The minimum absolute atomic E-state index is 0.405. The van der Waals surface area contributed by atoms with Crippen LogP contribution < -0.4 is 5.14 Å². The normalized spacial score (nSPS) is 20.3. The van der Waals surface area contributed by atoms with E-state index < -0.39 is 27.6 Å². The van der Waals surface area contributed by atoms with E-state index in [0.29, 0.717) is 12.8 Å². The zero-order valence-electron chi connectivity index (χ0n) is 5.76. The lowest BCUT2D eigenvalue weighted by atomic mass is 10.2. The molecule has 1 aliphatic rings. The van der Waals surface area contributed by atoms with Crippen LogP contribution in [-0.2, 0) is 10.0 Å². The molecule has 66 valence electrons. The van der Waals surface area contributed by atoms with Gasteiger partial charge >= 0.3 is 0 Å². The summed E-state index contributed by atoms with van der Waals surface area (Å²) in [5, 5.41) is 4.48. The predicted octanol–water partition coefficient (Wildman–Crippen LogP) is 0.320. The third kappa shape index (κ3) is 2.70. The van der Waals surface area contributed by atoms with Gasteiger partial charge in [0.15, 0.2) is 0 Å². The van der Waals surface area contributed by atoms with E-state index in [0.717, 1.165) is 0 Å². The van der Waals surface area contributed by atoms with Crippen molar-refractivity contribution in [2.45, 2.75) is 18.8 Å². The van der Waals surface area contributed by atoms with Crippen LogP contribution in [0.3, 0.4) is 0 Å². The minimum Gasteiger partial charge on any atom is -0.229 e. The minimum atomic E-state index is -4.04. The van der Waals surface area contributed by atoms with Crippen LogP contribution in [0.15, 0.2) is 0 Å². The first kappa shape index (κ1) is 8.86. The summed E-state index contributed by atoms with van der Waals surface area (Å²) in [7, 11) is -4.04. The fourth-order valence-electron chi connectivity index (χ4n) is 0.892. The number of sulfonamides is 1. The maximum atomic E-state index is 12.6. The summed E-state index contributed by atoms with van der Waals surface area (Å²) >= 11 is 0. The van der Waals surface area contributed by atoms with E-state index >= 15 is 0 Å². The van der Waals surface area contributed by atoms with Gasteiger partial charge in [-0.3, -0.25) is 0 Å². The second-order valence-electron chi connectivity index (χ2n) is 2.84. The molecule has 0 aromatic carbocycles. The molecule has 0 unspecified atom stereocenters. The van der Waals surface area contributed by atoms with Crippen LogP contribution in [0.25, 0.3) is 0 Å². The van der Waals surface area contributed by atoms with Crippen molar-refractivity contribution < 1.29 is 17.2 Å². The fourth-order valence-corrected chi connectivity index (χ4v) is 1.66. The Hall–Kier alpha value is -0.230. The van der Waals surface area contributed by atoms with Crippen LogP contribution in [0.1, 0.15) is 12.8 Å². The molecular formula is C5H9F2NO2S. The molecule has 0 atom stereocenters. The van der Waals surface area contributed by atoms with Crippen LogP contribution in [0.5, 0.6) is 0 Å². The SMILES string of the molecule is NS(=O)(=O)CC(F)(F)C1CC1. The Bertz CT molecular complexity index is 245. The maximum absolute atomic E-state index is 12.6. The quantitative estimate of drug-likeness (QED) is 0.688. The van der Waals surface area contributed by atoms with Gasteiger partial charge in [-0.15, -0.1) is 0 Å². The number of hydrogen-bond donors (Lipinski definition) is 1. The zero-order chi connectivity index (χ0) is 8.70. The molecule has 0 aromatic rings. The third-order valence-electron chi connectivity index (χ3n) is 1.57. The van der Waals surface area contributed by atoms with Gasteiger partial charge in [-0.25, -0.2) is 22.3 Å². The van der Waals surface area contributed by atoms with E-state index in [1.807, 2.05) is 0 Å². The van der Waals surface area contributed by atoms with Gasteiger partial charge in [0.25, 0.3) is 5.92 Å². The van der Waals surface area contributed by atoms with Crippen molar-refractivity contribution in [1.29, 1.82) is 0 Å². The Balaban J connectivity index is 2.59. The van der Waals surface area contributed by atoms with Gasteiger partial charge in [0.1, 0.15) is 5.75 Å². The number of halogens is 2. The van der Waals surface area contributed by atoms with Gasteiger partial charge in [0.05, 0.1) is 0 Å². The lowest BCUT2D eigenvalue weighted by Crippen LogP contribution is -2.33. The van der Waals surface area contributed by atoms with Crippen molar-refractivity contribution in [2.75, 3.05) is 5.75 Å². The molecule has 0 aromatic heterocycles. The average molecular weight is 185 g/mol. The molecule has 0 spiro atoms. The Morgan fingerprint density at radius 3 is 2.18 bits per heavy atom. The molecule has 0 bridgehead atoms. The van der Waals surface area contributed by atoms with E-state index in [9.17, 15) is 17.2 Å². The molecule has 11 heavy (non-hydrogen) atoms. The molecule has 1 fully saturated rings. The first-order chi connectivity index (χ1) is 4.81. The van der Waals surface area contributed by atoms with Crippen molar-refractivity contribution in [1.82, 2.24) is 0 Å². The Morgan fingerprint density at radius 2 is 1.91 bits per heavy atom. The third-order valence-corrected chi connectivity index (χ3v) is 2.36. The van der Waals surface area contributed by atoms with Crippen molar-refractivity contribution >= 4 is 10.0 Å². The van der Waals surface area contributed by atoms with Crippen molar-refractivity contribution in [2.24, 2.45) is 11.1 Å². The molecule has 1 rings (SSSR count). The predicted molar refractivity (Wildman–Crippen MR) is 35.6 cm³/mol. The van der Waals surface area contributed by atoms with Gasteiger partial charge in [-0.1, -0.05) is 0 Å². The molecule has 3 nitrogen and oxygen atoms in total. The molecule has 0 heterocycles. The first-order valence-electron chi connectivity index (χ1n) is 3.19. The van der Waals surface area contributed by atoms with Crippen molar-refractivity contribution in [3.8, 4) is 0 Å². The molecule has 0 radical (unpaired) electrons. The van der Waals surface area contributed by atoms with Crippen LogP contribution in [0, 0.1) is 5.92 Å². The smallest absolute Gasteiger partial charge is 0.229 e. The lowest BCUT2D eigenvalue weighted by molar-refractivity contribution is 0.00179. The summed E-state index contributed by atoms with van der Waals surface area (Å²) in [6, 6.07) is 0. The van der Waals surface area contributed by atoms with E-state index in [2.05, 4.69) is 5.14 Å². The van der Waals surface area contributed by atoms with E-state index in [4.69, 9.17) is 0 Å². The summed E-state index contributed by atoms with van der Waals surface area (Å²) in [6.45, 7) is 0. The van der Waals surface area contributed by atoms with Crippen molar-refractivity contribution in [3.05, 3.63) is 0 Å². The summed E-state index contributed by atoms with van der Waals surface area (Å²) in [5.41, 5.74) is 0. The molecule has 0 aliphatic heterocycles. The van der Waals surface area contributed by atoms with Crippen LogP contribution in [0.2, 0.25) is 0 Å². The summed E-state index contributed by atoms with van der Waals surface area (Å²) in [5.74, 6) is -5.10. The molecular weight excluding hydrogens is 176 g/mol. The number of nitrogens with two attached hydrogens (primary N) is 1. The molecule has 1 aliphatic carbocycles. The maximum Gasteiger partial charge on any atom is 0.266 e. The van der Waals surface area contributed by atoms with E-state index in [1.165, 1.54) is 0 Å². The first-order valence-corrected chi connectivity index (χ1v) is 4.91. The van der Waals surface area contributed by atoms with Gasteiger partial charge in [-0.2, -0.15) is 0 Å². The topological polar surface area (TPSA) is 60.2 Å². The monoisotopic (exact) mass is 185 g/mol. The second-order valence-corrected chi connectivity index (χ2v) is 4.46. The summed E-state index contributed by atoms with van der Waals surface area (Å²) in [4.78, 5) is 0. The summed E-state index contributed by atoms with van der Waals surface area (Å²) in [6.07, 6.45) is 0.811. The highest BCUT2D eigenvalue weighted by Gasteiger charge is 2.48. The van der Waals surface area contributed by atoms with Gasteiger partial charge in [0, 0.05) is 5.92 Å². The number of primary sulfonamides is 1. The number of rotatable bonds is 3. The number of hydrogen-bond acceptors (Lipinski definition) is 2. The highest BCUT2D eigenvalue weighted by Crippen LogP contribution is 2.43. The molecule has 0 saturated heterocycles. The van der Waals surface area contributed by atoms with E-state index in [1.54, 1.807) is 0 Å². The summed E-state index contributed by atoms with van der Waals surface area (Å²) < 4.78 is 45.8. The molecule has 0 amide bonds. The van der Waals surface area contributed by atoms with Crippen molar-refractivity contribution in [3.63, 3.8) is 0 Å². The Kier molecular flexibility index (Phi) is 1.92. The highest BCUT2D eigenvalue weighted by atomic mass is 32.2. The van der Waals surface area contributed by atoms with E-state index in [-0.39, 0.29) is 0 Å². The zero-order valence-corrected chi connectivity index (χ0v) is 6.57. The Morgan fingerprint density at radius 1 is 1.45 bits per heavy atom. The van der Waals surface area contributed by atoms with Gasteiger partial charge in [0.2, 0.25) is 10.0 Å². The highest BCUT2D eigenvalue weighted by molar-refractivity contribution is 7.89. The second kappa shape index (κ2) is 2.38. The Labute approximate surface area is 63.6 Å². The molecule has 1 saturated carbocycles. The lowest BCUT2D eigenvalue weighted by Gasteiger charge is -2.12. The van der Waals surface area contributed by atoms with Crippen LogP contribution in [-0.4, -0.2) is 20.1 Å². The molecule has 6 heteroatoms. The van der Waals surface area contributed by atoms with Crippen LogP contribution in [0.4, 0.5) is 8.78 Å².